The van der Waals surface area contributed by atoms with E-state index < -0.39 is 15.6 Å². The molecule has 5 heteroatoms. The summed E-state index contributed by atoms with van der Waals surface area (Å²) < 4.78 is 24.0. The van der Waals surface area contributed by atoms with Gasteiger partial charge in [0.1, 0.15) is 5.75 Å². The van der Waals surface area contributed by atoms with Gasteiger partial charge in [-0.1, -0.05) is 39.8 Å². The van der Waals surface area contributed by atoms with Crippen molar-refractivity contribution in [3.63, 3.8) is 0 Å². The summed E-state index contributed by atoms with van der Waals surface area (Å²) in [6.45, 7) is 8.84. The van der Waals surface area contributed by atoms with Gasteiger partial charge in [0.25, 0.3) is 0 Å². The predicted molar refractivity (Wildman–Crippen MR) is 121 cm³/mol. The number of benzene rings is 2. The molecule has 0 saturated heterocycles. The molecule has 0 radical (unpaired) electrons. The Labute approximate surface area is 178 Å². The third-order valence-corrected chi connectivity index (χ3v) is 7.85. The summed E-state index contributed by atoms with van der Waals surface area (Å²) in [7, 11) is -3.43. The maximum atomic E-state index is 12.1. The minimum atomic E-state index is -3.43. The van der Waals surface area contributed by atoms with Crippen LogP contribution in [0.5, 0.6) is 0 Å². The summed E-state index contributed by atoms with van der Waals surface area (Å²) >= 11 is 0. The van der Waals surface area contributed by atoms with Crippen LogP contribution < -0.4 is 0 Å². The summed E-state index contributed by atoms with van der Waals surface area (Å²) in [5.74, 6) is -0.403. The van der Waals surface area contributed by atoms with Gasteiger partial charge in [0, 0.05) is 22.7 Å². The molecule has 0 aliphatic carbocycles. The average molecular weight is 424 g/mol. The fraction of sp³-hybridized carbons (Fsp3) is 0.400. The van der Waals surface area contributed by atoms with Crippen molar-refractivity contribution >= 4 is 26.5 Å². The molecule has 4 rings (SSSR count). The maximum absolute atomic E-state index is 12.1. The van der Waals surface area contributed by atoms with E-state index in [0.29, 0.717) is 5.56 Å². The molecule has 1 aliphatic heterocycles. The molecule has 1 N–H and O–H groups in total. The van der Waals surface area contributed by atoms with E-state index in [1.807, 2.05) is 6.07 Å². The Balaban J connectivity index is 1.45. The second-order valence-corrected chi connectivity index (χ2v) is 11.5. The SMILES string of the molecule is CC(CCCc1ccc2[nH]cc(C(C)(C)C)c2c1)c1ccc2c(c1)C(=O)CS2(=O)=O. The number of aryl methyl sites for hydroxylation is 1. The van der Waals surface area contributed by atoms with Gasteiger partial charge in [-0.2, -0.15) is 0 Å². The number of sulfone groups is 1. The summed E-state index contributed by atoms with van der Waals surface area (Å²) in [6, 6.07) is 11.9. The van der Waals surface area contributed by atoms with Crippen molar-refractivity contribution < 1.29 is 13.2 Å². The summed E-state index contributed by atoms with van der Waals surface area (Å²) in [5.41, 5.74) is 5.35. The molecule has 0 spiro atoms. The van der Waals surface area contributed by atoms with Crippen LogP contribution >= 0.6 is 0 Å². The monoisotopic (exact) mass is 423 g/mol. The molecule has 1 aliphatic rings. The van der Waals surface area contributed by atoms with Gasteiger partial charge in [-0.05, 0) is 71.6 Å². The molecular formula is C25H29NO3S. The van der Waals surface area contributed by atoms with Crippen LogP contribution in [0.25, 0.3) is 10.9 Å². The Morgan fingerprint density at radius 3 is 2.60 bits per heavy atom. The lowest BCUT2D eigenvalue weighted by molar-refractivity contribution is 0.102. The average Bonchev–Trinajstić information content (AvgIpc) is 3.19. The van der Waals surface area contributed by atoms with Crippen LogP contribution in [0.3, 0.4) is 0 Å². The maximum Gasteiger partial charge on any atom is 0.186 e. The highest BCUT2D eigenvalue weighted by molar-refractivity contribution is 7.92. The van der Waals surface area contributed by atoms with E-state index in [4.69, 9.17) is 0 Å². The Hall–Kier alpha value is -2.40. The van der Waals surface area contributed by atoms with Crippen LogP contribution in [0.2, 0.25) is 0 Å². The number of carbonyl (C=O) groups excluding carboxylic acids is 1. The Morgan fingerprint density at radius 2 is 1.87 bits per heavy atom. The standard InChI is InChI=1S/C25H29NO3S/c1-16(18-9-11-24-20(13-18)23(27)15-30(24,28)29)6-5-7-17-8-10-22-19(12-17)21(14-26-22)25(2,3)4/h8-14,16,26H,5-7,15H2,1-4H3. The highest BCUT2D eigenvalue weighted by Crippen LogP contribution is 2.32. The molecule has 1 atom stereocenters. The van der Waals surface area contributed by atoms with Gasteiger partial charge in [-0.25, -0.2) is 8.42 Å². The second kappa shape index (κ2) is 7.38. The minimum Gasteiger partial charge on any atom is -0.361 e. The van der Waals surface area contributed by atoms with Gasteiger partial charge >= 0.3 is 0 Å². The highest BCUT2D eigenvalue weighted by atomic mass is 32.2. The minimum absolute atomic E-state index is 0.101. The topological polar surface area (TPSA) is 67.0 Å². The third kappa shape index (κ3) is 3.83. The molecular weight excluding hydrogens is 394 g/mol. The van der Waals surface area contributed by atoms with E-state index in [9.17, 15) is 13.2 Å². The number of H-pyrrole nitrogens is 1. The predicted octanol–water partition coefficient (Wildman–Crippen LogP) is 5.56. The number of hydrogen-bond donors (Lipinski definition) is 1. The number of hydrogen-bond acceptors (Lipinski definition) is 3. The van der Waals surface area contributed by atoms with Crippen molar-refractivity contribution in [3.8, 4) is 0 Å². The molecule has 0 bridgehead atoms. The first-order valence-electron chi connectivity index (χ1n) is 10.6. The lowest BCUT2D eigenvalue weighted by Gasteiger charge is -2.17. The van der Waals surface area contributed by atoms with Crippen LogP contribution in [0.4, 0.5) is 0 Å². The van der Waals surface area contributed by atoms with Crippen molar-refractivity contribution in [2.75, 3.05) is 5.75 Å². The van der Waals surface area contributed by atoms with Gasteiger partial charge in [0.2, 0.25) is 0 Å². The van der Waals surface area contributed by atoms with E-state index in [1.165, 1.54) is 22.0 Å². The number of rotatable bonds is 5. The Bertz CT molecular complexity index is 1230. The zero-order chi connectivity index (χ0) is 21.7. The van der Waals surface area contributed by atoms with Gasteiger partial charge in [0.05, 0.1) is 4.90 Å². The zero-order valence-electron chi connectivity index (χ0n) is 18.1. The number of aromatic amines is 1. The van der Waals surface area contributed by atoms with Crippen LogP contribution in [0, 0.1) is 0 Å². The van der Waals surface area contributed by atoms with E-state index in [1.54, 1.807) is 12.1 Å². The largest absolute Gasteiger partial charge is 0.361 e. The van der Waals surface area contributed by atoms with Crippen molar-refractivity contribution in [3.05, 3.63) is 64.8 Å². The van der Waals surface area contributed by atoms with Crippen LogP contribution in [0.15, 0.2) is 47.5 Å². The third-order valence-electron chi connectivity index (χ3n) is 6.19. The first-order valence-corrected chi connectivity index (χ1v) is 12.2. The zero-order valence-corrected chi connectivity index (χ0v) is 18.9. The molecule has 0 fully saturated rings. The van der Waals surface area contributed by atoms with Crippen molar-refractivity contribution in [1.29, 1.82) is 0 Å². The van der Waals surface area contributed by atoms with E-state index in [0.717, 1.165) is 24.8 Å². The van der Waals surface area contributed by atoms with Crippen LogP contribution in [0.1, 0.15) is 73.5 Å². The molecule has 1 unspecified atom stereocenters. The molecule has 3 aromatic rings. The second-order valence-electron chi connectivity index (χ2n) is 9.56. The molecule has 2 aromatic carbocycles. The van der Waals surface area contributed by atoms with Crippen molar-refractivity contribution in [1.82, 2.24) is 4.98 Å². The lowest BCUT2D eigenvalue weighted by atomic mass is 9.86. The smallest absolute Gasteiger partial charge is 0.186 e. The molecule has 30 heavy (non-hydrogen) atoms. The molecule has 0 amide bonds. The number of ketones is 1. The quantitative estimate of drug-likeness (QED) is 0.584. The van der Waals surface area contributed by atoms with E-state index >= 15 is 0 Å². The van der Waals surface area contributed by atoms with Gasteiger partial charge in [-0.3, -0.25) is 4.79 Å². The Morgan fingerprint density at radius 1 is 1.10 bits per heavy atom. The van der Waals surface area contributed by atoms with Crippen LogP contribution in [-0.4, -0.2) is 24.9 Å². The van der Waals surface area contributed by atoms with Gasteiger partial charge in [0.15, 0.2) is 15.6 Å². The highest BCUT2D eigenvalue weighted by Gasteiger charge is 2.33. The van der Waals surface area contributed by atoms with E-state index in [2.05, 4.69) is 57.1 Å². The van der Waals surface area contributed by atoms with Gasteiger partial charge < -0.3 is 4.98 Å². The molecule has 0 saturated carbocycles. The number of fused-ring (bicyclic) bond motifs is 2. The fourth-order valence-corrected chi connectivity index (χ4v) is 5.83. The van der Waals surface area contributed by atoms with E-state index in [-0.39, 0.29) is 22.0 Å². The first kappa shape index (κ1) is 20.9. The number of nitrogens with one attached hydrogen (secondary N) is 1. The first-order chi connectivity index (χ1) is 14.1. The number of aromatic nitrogens is 1. The molecule has 4 nitrogen and oxygen atoms in total. The fourth-order valence-electron chi connectivity index (χ4n) is 4.39. The summed E-state index contributed by atoms with van der Waals surface area (Å²) in [5, 5.41) is 1.30. The van der Waals surface area contributed by atoms with Crippen molar-refractivity contribution in [2.45, 2.75) is 63.2 Å². The molecule has 1 aromatic heterocycles. The summed E-state index contributed by atoms with van der Waals surface area (Å²) in [6.07, 6.45) is 5.13. The van der Waals surface area contributed by atoms with Crippen LogP contribution in [-0.2, 0) is 21.7 Å². The normalized spacial score (nSPS) is 16.7. The van der Waals surface area contributed by atoms with Crippen molar-refractivity contribution in [2.24, 2.45) is 0 Å². The number of carbonyl (C=O) groups is 1. The summed E-state index contributed by atoms with van der Waals surface area (Å²) in [4.78, 5) is 15.6. The molecule has 158 valence electrons. The molecule has 2 heterocycles. The van der Waals surface area contributed by atoms with Gasteiger partial charge in [-0.15, -0.1) is 0 Å². The number of Topliss-reactive ketones (excluding diaryl/α,β-unsaturated/α-hetero) is 1. The lowest BCUT2D eigenvalue weighted by Crippen LogP contribution is -2.09. The Kier molecular flexibility index (Phi) is 5.13.